The number of pyridine rings is 1. The van der Waals surface area contributed by atoms with Gasteiger partial charge in [0.1, 0.15) is 18.3 Å². The molecule has 0 saturated carbocycles. The van der Waals surface area contributed by atoms with Crippen LogP contribution in [0, 0.1) is 25.7 Å². The molecule has 3 aliphatic heterocycles. The standard InChI is InChI=1S/C35H36N2O5S.ClH/c1-4-25-20-37(21-27-17-24(3)18-28(22-38)34(27)39)16-14-26(25)19-33(37)35(31-13-15-36-32-8-6-5-7-30(31)32)42-43(40,41)29-11-9-23(2)10-12-29;/h4-13,15,17-18,22,25-26,33,35H,1,14,16,19-21H2,2-3H3;1H/t25-,26-,33-,35+,37?;/m0./s1. The number of phenolic OH excluding ortho intramolecular Hbond substituents is 1. The fraction of sp³-hybridized carbons (Fsp3) is 0.314. The number of aromatic hydroxyl groups is 1. The van der Waals surface area contributed by atoms with E-state index in [9.17, 15) is 18.3 Å². The van der Waals surface area contributed by atoms with Crippen LogP contribution >= 0.6 is 0 Å². The molecule has 3 saturated heterocycles. The van der Waals surface area contributed by atoms with E-state index in [1.807, 2.05) is 56.3 Å². The van der Waals surface area contributed by atoms with Crippen LogP contribution in [0.4, 0.5) is 0 Å². The number of fused-ring (bicyclic) bond motifs is 4. The first-order chi connectivity index (χ1) is 20.6. The Kier molecular flexibility index (Phi) is 9.01. The van der Waals surface area contributed by atoms with E-state index in [2.05, 4.69) is 11.6 Å². The molecule has 3 fully saturated rings. The number of carbonyl (C=O) groups excluding carboxylic acids is 1. The van der Waals surface area contributed by atoms with Gasteiger partial charge in [0.15, 0.2) is 12.4 Å². The van der Waals surface area contributed by atoms with Crippen molar-refractivity contribution in [1.29, 1.82) is 0 Å². The number of hydrogen-bond donors (Lipinski definition) is 1. The molecule has 3 aromatic carbocycles. The topological polar surface area (TPSA) is 93.6 Å². The van der Waals surface area contributed by atoms with Crippen LogP contribution in [0.3, 0.4) is 0 Å². The lowest BCUT2D eigenvalue weighted by Gasteiger charge is -2.58. The van der Waals surface area contributed by atoms with Crippen LogP contribution in [0.1, 0.15) is 51.6 Å². The molecule has 7 nitrogen and oxygen atoms in total. The molecule has 0 radical (unpaired) electrons. The average molecular weight is 633 g/mol. The SMILES string of the molecule is C=C[C@H]1C[N+]2(Cc3cc(C)cc(C=O)c3O)CC[C@H]1C[C@H]2[C@H](OS(=O)(=O)c1ccc(C)cc1)c1ccnc2ccccc12.[Cl-]. The molecule has 1 unspecified atom stereocenters. The summed E-state index contributed by atoms with van der Waals surface area (Å²) in [5, 5.41) is 12.0. The lowest BCUT2D eigenvalue weighted by atomic mass is 9.71. The van der Waals surface area contributed by atoms with Gasteiger partial charge in [-0.15, -0.1) is 6.58 Å². The third kappa shape index (κ3) is 5.79. The Morgan fingerprint density at radius 2 is 1.84 bits per heavy atom. The third-order valence-electron chi connectivity index (χ3n) is 9.53. The molecular formula is C35H37ClN2O5S. The minimum absolute atomic E-state index is 0. The number of benzene rings is 3. The van der Waals surface area contributed by atoms with E-state index in [1.54, 1.807) is 36.5 Å². The molecule has 3 aliphatic rings. The number of aryl methyl sites for hydroxylation is 2. The van der Waals surface area contributed by atoms with Crippen LogP contribution in [0.25, 0.3) is 10.9 Å². The summed E-state index contributed by atoms with van der Waals surface area (Å²) in [4.78, 5) is 16.5. The van der Waals surface area contributed by atoms with Crippen LogP contribution in [-0.2, 0) is 20.8 Å². The van der Waals surface area contributed by atoms with E-state index < -0.39 is 16.2 Å². The number of para-hydroxylation sites is 1. The highest BCUT2D eigenvalue weighted by Gasteiger charge is 2.55. The maximum Gasteiger partial charge on any atom is 0.297 e. The quantitative estimate of drug-likeness (QED) is 0.132. The number of hydrogen-bond acceptors (Lipinski definition) is 6. The van der Waals surface area contributed by atoms with Gasteiger partial charge in [0.2, 0.25) is 0 Å². The van der Waals surface area contributed by atoms with Crippen molar-refractivity contribution >= 4 is 27.3 Å². The van der Waals surface area contributed by atoms with Gasteiger partial charge in [-0.3, -0.25) is 14.0 Å². The lowest BCUT2D eigenvalue weighted by Crippen LogP contribution is -3.00. The molecule has 0 spiro atoms. The molecule has 2 bridgehead atoms. The Morgan fingerprint density at radius 3 is 2.57 bits per heavy atom. The molecule has 9 heteroatoms. The molecule has 0 aliphatic carbocycles. The Hall–Kier alpha value is -3.56. The van der Waals surface area contributed by atoms with Crippen molar-refractivity contribution < 1.29 is 39.4 Å². The van der Waals surface area contributed by atoms with Gasteiger partial charge < -0.3 is 22.0 Å². The smallest absolute Gasteiger partial charge is 0.297 e. The van der Waals surface area contributed by atoms with E-state index in [4.69, 9.17) is 4.18 Å². The second kappa shape index (κ2) is 12.4. The predicted molar refractivity (Wildman–Crippen MR) is 166 cm³/mol. The number of aldehydes is 1. The molecule has 1 aromatic heterocycles. The molecule has 4 heterocycles. The molecule has 44 heavy (non-hydrogen) atoms. The normalized spacial score (nSPS) is 23.5. The van der Waals surface area contributed by atoms with Gasteiger partial charge in [-0.05, 0) is 67.3 Å². The van der Waals surface area contributed by atoms with E-state index in [1.165, 1.54) is 0 Å². The van der Waals surface area contributed by atoms with Crippen LogP contribution in [0.2, 0.25) is 0 Å². The van der Waals surface area contributed by atoms with Crippen molar-refractivity contribution in [1.82, 2.24) is 4.98 Å². The summed E-state index contributed by atoms with van der Waals surface area (Å²) >= 11 is 0. The molecule has 5 atom stereocenters. The number of rotatable bonds is 9. The monoisotopic (exact) mass is 632 g/mol. The summed E-state index contributed by atoms with van der Waals surface area (Å²) in [6, 6.07) is 19.7. The van der Waals surface area contributed by atoms with E-state index in [-0.39, 0.29) is 40.6 Å². The number of piperidine rings is 3. The van der Waals surface area contributed by atoms with Crippen molar-refractivity contribution in [2.75, 3.05) is 13.1 Å². The minimum atomic E-state index is -4.15. The van der Waals surface area contributed by atoms with Crippen molar-refractivity contribution in [3.05, 3.63) is 113 Å². The summed E-state index contributed by atoms with van der Waals surface area (Å²) in [5.74, 6) is 0.556. The molecular weight excluding hydrogens is 596 g/mol. The number of quaternary nitrogens is 1. The molecule has 1 N–H and O–H groups in total. The van der Waals surface area contributed by atoms with Crippen molar-refractivity contribution in [2.24, 2.45) is 11.8 Å². The molecule has 7 rings (SSSR count). The van der Waals surface area contributed by atoms with E-state index in [0.29, 0.717) is 28.8 Å². The summed E-state index contributed by atoms with van der Waals surface area (Å²) in [6.45, 7) is 9.91. The highest BCUT2D eigenvalue weighted by molar-refractivity contribution is 7.86. The number of nitrogens with zero attached hydrogens (tertiary/aromatic N) is 2. The Balaban J connectivity index is 0.00000384. The number of carbonyl (C=O) groups is 1. The Bertz CT molecular complexity index is 1800. The fourth-order valence-electron chi connectivity index (χ4n) is 7.38. The first-order valence-corrected chi connectivity index (χ1v) is 16.1. The van der Waals surface area contributed by atoms with Crippen LogP contribution < -0.4 is 12.4 Å². The third-order valence-corrected chi connectivity index (χ3v) is 10.8. The Morgan fingerprint density at radius 1 is 1.09 bits per heavy atom. The number of halogens is 1. The first-order valence-electron chi connectivity index (χ1n) is 14.7. The second-order valence-corrected chi connectivity index (χ2v) is 13.8. The van der Waals surface area contributed by atoms with Crippen LogP contribution in [-0.4, -0.2) is 48.4 Å². The highest BCUT2D eigenvalue weighted by atomic mass is 35.5. The average Bonchev–Trinajstić information content (AvgIpc) is 3.01. The van der Waals surface area contributed by atoms with Crippen molar-refractivity contribution in [3.8, 4) is 5.75 Å². The lowest BCUT2D eigenvalue weighted by molar-refractivity contribution is -0.984. The summed E-state index contributed by atoms with van der Waals surface area (Å²) in [5.41, 5.74) is 4.31. The molecule has 4 aromatic rings. The first kappa shape index (κ1) is 31.9. The zero-order valence-electron chi connectivity index (χ0n) is 24.9. The largest absolute Gasteiger partial charge is 1.00 e. The minimum Gasteiger partial charge on any atom is -1.00 e. The fourth-order valence-corrected chi connectivity index (χ4v) is 8.47. The molecule has 230 valence electrons. The maximum atomic E-state index is 13.9. The van der Waals surface area contributed by atoms with Gasteiger partial charge in [0.25, 0.3) is 10.1 Å². The second-order valence-electron chi connectivity index (χ2n) is 12.2. The van der Waals surface area contributed by atoms with E-state index >= 15 is 0 Å². The predicted octanol–water partition coefficient (Wildman–Crippen LogP) is 3.43. The zero-order chi connectivity index (χ0) is 30.4. The highest BCUT2D eigenvalue weighted by Crippen LogP contribution is 2.50. The summed E-state index contributed by atoms with van der Waals surface area (Å²) in [6.07, 6.45) is 5.28. The van der Waals surface area contributed by atoms with Gasteiger partial charge in [0, 0.05) is 35.9 Å². The van der Waals surface area contributed by atoms with Crippen LogP contribution in [0.15, 0.2) is 90.5 Å². The van der Waals surface area contributed by atoms with Gasteiger partial charge in [0.05, 0.1) is 29.1 Å². The van der Waals surface area contributed by atoms with Crippen molar-refractivity contribution in [3.63, 3.8) is 0 Å². The Labute approximate surface area is 265 Å². The number of phenols is 1. The van der Waals surface area contributed by atoms with Gasteiger partial charge in [-0.1, -0.05) is 42.0 Å². The van der Waals surface area contributed by atoms with E-state index in [0.717, 1.165) is 53.5 Å². The summed E-state index contributed by atoms with van der Waals surface area (Å²) < 4.78 is 34.7. The van der Waals surface area contributed by atoms with Gasteiger partial charge in [-0.2, -0.15) is 8.42 Å². The number of aromatic nitrogens is 1. The summed E-state index contributed by atoms with van der Waals surface area (Å²) in [7, 11) is -4.15. The van der Waals surface area contributed by atoms with Gasteiger partial charge >= 0.3 is 0 Å². The molecule has 0 amide bonds. The van der Waals surface area contributed by atoms with Crippen LogP contribution in [0.5, 0.6) is 5.75 Å². The maximum absolute atomic E-state index is 13.9. The zero-order valence-corrected chi connectivity index (χ0v) is 26.5. The van der Waals surface area contributed by atoms with Gasteiger partial charge in [-0.25, -0.2) is 0 Å². The van der Waals surface area contributed by atoms with Crippen molar-refractivity contribution in [2.45, 2.75) is 50.3 Å².